The highest BCUT2D eigenvalue weighted by molar-refractivity contribution is 7.15. The predicted molar refractivity (Wildman–Crippen MR) is 136 cm³/mol. The number of carboxylic acid groups (broad SMARTS) is 1. The number of aryl methyl sites for hydroxylation is 1. The molecule has 1 N–H and O–H groups in total. The Bertz CT molecular complexity index is 1020. The molecule has 1 aromatic heterocycles. The normalized spacial score (nSPS) is 23.0. The van der Waals surface area contributed by atoms with Gasteiger partial charge in [0.05, 0.1) is 0 Å². The zero-order valence-electron chi connectivity index (χ0n) is 21.5. The molecule has 1 unspecified atom stereocenters. The maximum atomic E-state index is 13.9. The summed E-state index contributed by atoms with van der Waals surface area (Å²) in [5.74, 6) is -1.04. The maximum absolute atomic E-state index is 13.9. The summed E-state index contributed by atoms with van der Waals surface area (Å²) in [6.45, 7) is 5.89. The summed E-state index contributed by atoms with van der Waals surface area (Å²) in [6, 6.07) is 7.24. The Morgan fingerprint density at radius 3 is 2.58 bits per heavy atom. The van der Waals surface area contributed by atoms with Crippen LogP contribution < -0.4 is 4.74 Å². The highest BCUT2D eigenvalue weighted by atomic mass is 32.1. The van der Waals surface area contributed by atoms with Gasteiger partial charge >= 0.3 is 12.6 Å². The third kappa shape index (κ3) is 7.25. The van der Waals surface area contributed by atoms with Crippen molar-refractivity contribution in [3.63, 3.8) is 0 Å². The molecule has 0 radical (unpaired) electrons. The Kier molecular flexibility index (Phi) is 9.50. The summed E-state index contributed by atoms with van der Waals surface area (Å²) >= 11 is 1.42. The number of ether oxygens (including phenoxy) is 2. The lowest BCUT2D eigenvalue weighted by molar-refractivity contribution is -0.172. The molecule has 1 aliphatic carbocycles. The van der Waals surface area contributed by atoms with Crippen LogP contribution in [0.3, 0.4) is 0 Å². The third-order valence-electron chi connectivity index (χ3n) is 7.20. The highest BCUT2D eigenvalue weighted by Crippen LogP contribution is 2.45. The average molecular weight is 527 g/mol. The van der Waals surface area contributed by atoms with Gasteiger partial charge in [-0.15, -0.1) is 11.3 Å². The first-order valence-corrected chi connectivity index (χ1v) is 13.5. The molecule has 8 heteroatoms. The summed E-state index contributed by atoms with van der Waals surface area (Å²) < 4.78 is 50.1. The lowest BCUT2D eigenvalue weighted by atomic mass is 9.73. The van der Waals surface area contributed by atoms with E-state index in [2.05, 4.69) is 25.5 Å². The molecular weight excluding hydrogens is 489 g/mol. The average Bonchev–Trinajstić information content (AvgIpc) is 3.17. The number of alkyl halides is 2. The van der Waals surface area contributed by atoms with E-state index in [4.69, 9.17) is 4.74 Å². The fraction of sp³-hybridized carbons (Fsp3) is 0.607. The fourth-order valence-electron chi connectivity index (χ4n) is 5.12. The van der Waals surface area contributed by atoms with Gasteiger partial charge in [0.25, 0.3) is 0 Å². The molecule has 200 valence electrons. The van der Waals surface area contributed by atoms with Crippen LogP contribution in [0.5, 0.6) is 5.75 Å². The van der Waals surface area contributed by atoms with Crippen molar-refractivity contribution in [2.24, 2.45) is 17.3 Å². The maximum Gasteiger partial charge on any atom is 0.387 e. The Morgan fingerprint density at radius 2 is 1.94 bits per heavy atom. The van der Waals surface area contributed by atoms with E-state index in [9.17, 15) is 23.1 Å². The minimum atomic E-state index is -3.00. The zero-order valence-corrected chi connectivity index (χ0v) is 22.3. The summed E-state index contributed by atoms with van der Waals surface area (Å²) in [5, 5.41) is 10.2. The standard InChI is InChI=1S/C28H37F3O4S/c1-5-14-34-28(25(32)33)16-18(6-8-19(17-28)27(2,3)4)7-10-21-11-13-24(36-21)22-15-20(29)9-12-23(22)35-26(30)31/h9,11-13,15,18-19,26H,5-8,10,14,16-17H2,1-4H3,(H,32,33)/t18?,19-,28+/m0/s1. The van der Waals surface area contributed by atoms with E-state index in [0.717, 1.165) is 43.0 Å². The summed E-state index contributed by atoms with van der Waals surface area (Å²) in [7, 11) is 0. The molecule has 1 heterocycles. The van der Waals surface area contributed by atoms with Gasteiger partial charge in [-0.3, -0.25) is 0 Å². The van der Waals surface area contributed by atoms with Crippen molar-refractivity contribution in [1.82, 2.24) is 0 Å². The molecule has 3 atom stereocenters. The molecule has 3 rings (SSSR count). The van der Waals surface area contributed by atoms with Crippen LogP contribution in [0.15, 0.2) is 30.3 Å². The lowest BCUT2D eigenvalue weighted by Crippen LogP contribution is -2.45. The Hall–Kier alpha value is -2.06. The summed E-state index contributed by atoms with van der Waals surface area (Å²) in [6.07, 6.45) is 5.15. The monoisotopic (exact) mass is 526 g/mol. The smallest absolute Gasteiger partial charge is 0.387 e. The lowest BCUT2D eigenvalue weighted by Gasteiger charge is -2.37. The predicted octanol–water partition coefficient (Wildman–Crippen LogP) is 8.19. The minimum absolute atomic E-state index is 0.0171. The van der Waals surface area contributed by atoms with Gasteiger partial charge in [-0.2, -0.15) is 8.78 Å². The quantitative estimate of drug-likeness (QED) is 0.317. The number of hydrogen-bond donors (Lipinski definition) is 1. The Labute approximate surface area is 215 Å². The van der Waals surface area contributed by atoms with E-state index in [-0.39, 0.29) is 23.0 Å². The molecule has 0 spiro atoms. The second-order valence-corrected chi connectivity index (χ2v) is 12.1. The molecule has 1 fully saturated rings. The summed E-state index contributed by atoms with van der Waals surface area (Å²) in [5.41, 5.74) is -0.901. The summed E-state index contributed by atoms with van der Waals surface area (Å²) in [4.78, 5) is 14.2. The molecule has 1 aromatic carbocycles. The van der Waals surface area contributed by atoms with Gasteiger partial charge in [-0.05, 0) is 86.1 Å². The van der Waals surface area contributed by atoms with Crippen LogP contribution in [0, 0.1) is 23.1 Å². The van der Waals surface area contributed by atoms with E-state index >= 15 is 0 Å². The van der Waals surface area contributed by atoms with E-state index < -0.39 is 24.0 Å². The van der Waals surface area contributed by atoms with Gasteiger partial charge in [0, 0.05) is 21.9 Å². The molecule has 0 saturated heterocycles. The molecule has 0 bridgehead atoms. The second-order valence-electron chi connectivity index (χ2n) is 10.9. The van der Waals surface area contributed by atoms with Crippen LogP contribution in [0.2, 0.25) is 0 Å². The Balaban J connectivity index is 1.77. The van der Waals surface area contributed by atoms with Crippen molar-refractivity contribution in [3.8, 4) is 16.2 Å². The first-order chi connectivity index (χ1) is 16.9. The number of benzene rings is 1. The zero-order chi connectivity index (χ0) is 26.5. The van der Waals surface area contributed by atoms with Gasteiger partial charge in [-0.1, -0.05) is 34.1 Å². The molecule has 0 aliphatic heterocycles. The van der Waals surface area contributed by atoms with Crippen LogP contribution in [0.1, 0.15) is 71.1 Å². The van der Waals surface area contributed by atoms with Crippen molar-refractivity contribution in [1.29, 1.82) is 0 Å². The number of aliphatic carboxylic acids is 1. The van der Waals surface area contributed by atoms with Crippen LogP contribution in [-0.4, -0.2) is 29.9 Å². The minimum Gasteiger partial charge on any atom is -0.479 e. The van der Waals surface area contributed by atoms with Gasteiger partial charge in [-0.25, -0.2) is 9.18 Å². The van der Waals surface area contributed by atoms with Gasteiger partial charge in [0.2, 0.25) is 0 Å². The molecule has 4 nitrogen and oxygen atoms in total. The van der Waals surface area contributed by atoms with Crippen molar-refractivity contribution in [2.75, 3.05) is 6.61 Å². The van der Waals surface area contributed by atoms with Crippen molar-refractivity contribution in [3.05, 3.63) is 41.0 Å². The van der Waals surface area contributed by atoms with Crippen molar-refractivity contribution >= 4 is 17.3 Å². The number of hydrogen-bond acceptors (Lipinski definition) is 4. The van der Waals surface area contributed by atoms with E-state index in [1.807, 2.05) is 13.0 Å². The van der Waals surface area contributed by atoms with Gasteiger partial charge in [0.1, 0.15) is 11.6 Å². The van der Waals surface area contributed by atoms with Crippen molar-refractivity contribution in [2.45, 2.75) is 84.9 Å². The van der Waals surface area contributed by atoms with Crippen molar-refractivity contribution < 1.29 is 32.5 Å². The molecule has 0 amide bonds. The molecule has 1 aliphatic rings. The van der Waals surface area contributed by atoms with Crippen LogP contribution in [0.25, 0.3) is 10.4 Å². The molecule has 1 saturated carbocycles. The van der Waals surface area contributed by atoms with E-state index in [1.165, 1.54) is 23.5 Å². The van der Waals surface area contributed by atoms with Gasteiger partial charge < -0.3 is 14.6 Å². The van der Waals surface area contributed by atoms with E-state index in [0.29, 0.717) is 29.9 Å². The van der Waals surface area contributed by atoms with Crippen LogP contribution >= 0.6 is 11.3 Å². The largest absolute Gasteiger partial charge is 0.479 e. The van der Waals surface area contributed by atoms with Crippen LogP contribution in [-0.2, 0) is 16.0 Å². The first kappa shape index (κ1) is 28.5. The SMILES string of the molecule is CCCO[C@]1(C(=O)O)CC(CCc2ccc(-c3cc(F)ccc3OC(F)F)s2)CC[C@H](C(C)(C)C)C1. The number of carbonyl (C=O) groups is 1. The number of carboxylic acids is 1. The van der Waals surface area contributed by atoms with Crippen LogP contribution in [0.4, 0.5) is 13.2 Å². The Morgan fingerprint density at radius 1 is 1.19 bits per heavy atom. The second kappa shape index (κ2) is 12.0. The molecular formula is C28H37F3O4S. The van der Waals surface area contributed by atoms with E-state index in [1.54, 1.807) is 6.07 Å². The highest BCUT2D eigenvalue weighted by Gasteiger charge is 2.47. The first-order valence-electron chi connectivity index (χ1n) is 12.6. The molecule has 36 heavy (non-hydrogen) atoms. The number of halogens is 3. The molecule has 2 aromatic rings. The topological polar surface area (TPSA) is 55.8 Å². The number of rotatable bonds is 10. The number of thiophene rings is 1. The fourth-order valence-corrected chi connectivity index (χ4v) is 6.17. The van der Waals surface area contributed by atoms with Gasteiger partial charge in [0.15, 0.2) is 5.60 Å². The third-order valence-corrected chi connectivity index (χ3v) is 8.38.